The van der Waals surface area contributed by atoms with Crippen LogP contribution in [0.15, 0.2) is 18.5 Å². The number of nitrogens with two attached hydrogens (primary N) is 1. The number of nitrogen functional groups attached to an aromatic ring is 1. The van der Waals surface area contributed by atoms with Crippen molar-refractivity contribution >= 4 is 16.7 Å². The van der Waals surface area contributed by atoms with Crippen LogP contribution < -0.4 is 11.1 Å². The van der Waals surface area contributed by atoms with Gasteiger partial charge in [-0.15, -0.1) is 0 Å². The van der Waals surface area contributed by atoms with Gasteiger partial charge in [0.25, 0.3) is 0 Å². The molecule has 0 bridgehead atoms. The molecule has 2 aromatic rings. The lowest BCUT2D eigenvalue weighted by Crippen LogP contribution is -2.04. The Hall–Kier alpha value is -1.55. The van der Waals surface area contributed by atoms with Crippen molar-refractivity contribution in [3.05, 3.63) is 24.0 Å². The Bertz CT molecular complexity index is 418. The molecule has 0 saturated heterocycles. The van der Waals surface area contributed by atoms with Crippen LogP contribution in [-0.2, 0) is 6.54 Å². The summed E-state index contributed by atoms with van der Waals surface area (Å²) in [5.74, 6) is 0. The van der Waals surface area contributed by atoms with Crippen LogP contribution in [-0.4, -0.2) is 17.0 Å². The highest BCUT2D eigenvalue weighted by atomic mass is 14.8. The minimum atomic E-state index is 0.686. The number of aromatic amines is 1. The Morgan fingerprint density at radius 1 is 1.62 bits per heavy atom. The summed E-state index contributed by atoms with van der Waals surface area (Å²) < 4.78 is 0. The van der Waals surface area contributed by atoms with Crippen LogP contribution in [0.25, 0.3) is 11.0 Å². The van der Waals surface area contributed by atoms with Gasteiger partial charge in [0, 0.05) is 18.3 Å². The van der Waals surface area contributed by atoms with Crippen LogP contribution >= 0.6 is 0 Å². The third-order valence-corrected chi connectivity index (χ3v) is 1.98. The second-order valence-electron chi connectivity index (χ2n) is 3.01. The highest BCUT2D eigenvalue weighted by molar-refractivity contribution is 5.81. The number of hydrogen-bond donors (Lipinski definition) is 3. The van der Waals surface area contributed by atoms with E-state index in [0.29, 0.717) is 5.69 Å². The van der Waals surface area contributed by atoms with Gasteiger partial charge in [-0.25, -0.2) is 0 Å². The molecule has 0 saturated carbocycles. The zero-order valence-corrected chi connectivity index (χ0v) is 7.46. The predicted octanol–water partition coefficient (Wildman–Crippen LogP) is 0.865. The molecule has 4 nitrogen and oxygen atoms in total. The molecule has 0 radical (unpaired) electrons. The lowest BCUT2D eigenvalue weighted by Gasteiger charge is -1.96. The van der Waals surface area contributed by atoms with Crippen LogP contribution in [0.4, 0.5) is 5.69 Å². The summed E-state index contributed by atoms with van der Waals surface area (Å²) in [5.41, 5.74) is 9.44. The summed E-state index contributed by atoms with van der Waals surface area (Å²) in [7, 11) is 1.91. The minimum Gasteiger partial charge on any atom is -0.397 e. The van der Waals surface area contributed by atoms with Gasteiger partial charge >= 0.3 is 0 Å². The van der Waals surface area contributed by atoms with Crippen molar-refractivity contribution in [3.8, 4) is 0 Å². The Labute approximate surface area is 76.2 Å². The molecule has 2 rings (SSSR count). The van der Waals surface area contributed by atoms with E-state index in [-0.39, 0.29) is 0 Å². The van der Waals surface area contributed by atoms with Crippen molar-refractivity contribution in [2.45, 2.75) is 6.54 Å². The first-order valence-corrected chi connectivity index (χ1v) is 4.17. The Morgan fingerprint density at radius 2 is 2.46 bits per heavy atom. The Kier molecular flexibility index (Phi) is 1.90. The molecule has 0 unspecified atom stereocenters. The SMILES string of the molecule is CNCc1c[nH]c2cc(N)cnc12. The van der Waals surface area contributed by atoms with E-state index in [2.05, 4.69) is 15.3 Å². The van der Waals surface area contributed by atoms with Gasteiger partial charge in [0.05, 0.1) is 22.9 Å². The van der Waals surface area contributed by atoms with Gasteiger partial charge in [0.1, 0.15) is 0 Å². The van der Waals surface area contributed by atoms with Gasteiger partial charge in [-0.05, 0) is 13.1 Å². The molecule has 2 aromatic heterocycles. The zero-order valence-electron chi connectivity index (χ0n) is 7.46. The van der Waals surface area contributed by atoms with E-state index in [1.165, 1.54) is 0 Å². The number of rotatable bonds is 2. The summed E-state index contributed by atoms with van der Waals surface area (Å²) in [6.45, 7) is 0.816. The van der Waals surface area contributed by atoms with Crippen molar-refractivity contribution in [2.75, 3.05) is 12.8 Å². The fourth-order valence-corrected chi connectivity index (χ4v) is 1.41. The number of hydrogen-bond acceptors (Lipinski definition) is 3. The molecule has 68 valence electrons. The van der Waals surface area contributed by atoms with E-state index < -0.39 is 0 Å². The molecule has 0 aliphatic carbocycles. The van der Waals surface area contributed by atoms with E-state index in [1.807, 2.05) is 19.3 Å². The van der Waals surface area contributed by atoms with Gasteiger partial charge in [-0.2, -0.15) is 0 Å². The number of nitrogens with one attached hydrogen (secondary N) is 2. The van der Waals surface area contributed by atoms with Gasteiger partial charge in [-0.1, -0.05) is 0 Å². The number of fused-ring (bicyclic) bond motifs is 1. The summed E-state index contributed by atoms with van der Waals surface area (Å²) >= 11 is 0. The molecule has 0 atom stereocenters. The van der Waals surface area contributed by atoms with E-state index in [1.54, 1.807) is 6.20 Å². The molecule has 13 heavy (non-hydrogen) atoms. The van der Waals surface area contributed by atoms with Crippen molar-refractivity contribution < 1.29 is 0 Å². The van der Waals surface area contributed by atoms with Crippen LogP contribution in [0.5, 0.6) is 0 Å². The van der Waals surface area contributed by atoms with Gasteiger partial charge in [-0.3, -0.25) is 4.98 Å². The smallest absolute Gasteiger partial charge is 0.0925 e. The summed E-state index contributed by atoms with van der Waals surface area (Å²) in [6.07, 6.45) is 3.63. The molecule has 0 spiro atoms. The highest BCUT2D eigenvalue weighted by Gasteiger charge is 2.03. The maximum absolute atomic E-state index is 5.61. The molecular formula is C9H12N4. The molecule has 4 heteroatoms. The Morgan fingerprint density at radius 3 is 3.23 bits per heavy atom. The van der Waals surface area contributed by atoms with E-state index >= 15 is 0 Å². The zero-order chi connectivity index (χ0) is 9.26. The summed E-state index contributed by atoms with van der Waals surface area (Å²) in [6, 6.07) is 1.89. The van der Waals surface area contributed by atoms with Crippen LogP contribution in [0.1, 0.15) is 5.56 Å². The van der Waals surface area contributed by atoms with E-state index in [9.17, 15) is 0 Å². The number of anilines is 1. The first kappa shape index (κ1) is 8.07. The molecular weight excluding hydrogens is 164 g/mol. The molecule has 4 N–H and O–H groups in total. The third kappa shape index (κ3) is 1.36. The molecule has 0 fully saturated rings. The van der Waals surface area contributed by atoms with Crippen molar-refractivity contribution in [1.82, 2.24) is 15.3 Å². The molecule has 2 heterocycles. The molecule has 0 aliphatic heterocycles. The topological polar surface area (TPSA) is 66.7 Å². The lowest BCUT2D eigenvalue weighted by molar-refractivity contribution is 0.822. The van der Waals surface area contributed by atoms with Crippen molar-refractivity contribution in [1.29, 1.82) is 0 Å². The average Bonchev–Trinajstić information content (AvgIpc) is 2.49. The number of pyridine rings is 1. The summed E-state index contributed by atoms with van der Waals surface area (Å²) in [4.78, 5) is 7.39. The number of nitrogens with zero attached hydrogens (tertiary/aromatic N) is 1. The van der Waals surface area contributed by atoms with E-state index in [4.69, 9.17) is 5.73 Å². The minimum absolute atomic E-state index is 0.686. The maximum Gasteiger partial charge on any atom is 0.0925 e. The second kappa shape index (κ2) is 3.06. The average molecular weight is 176 g/mol. The fourth-order valence-electron chi connectivity index (χ4n) is 1.41. The second-order valence-corrected chi connectivity index (χ2v) is 3.01. The summed E-state index contributed by atoms with van der Waals surface area (Å²) in [5, 5.41) is 3.09. The number of aromatic nitrogens is 2. The standard InChI is InChI=1S/C9H12N4/c1-11-3-6-4-12-8-2-7(10)5-13-9(6)8/h2,4-5,11-12H,3,10H2,1H3. The highest BCUT2D eigenvalue weighted by Crippen LogP contribution is 2.17. The third-order valence-electron chi connectivity index (χ3n) is 1.98. The molecule has 0 aliphatic rings. The molecule has 0 aromatic carbocycles. The van der Waals surface area contributed by atoms with E-state index in [0.717, 1.165) is 23.1 Å². The first-order valence-electron chi connectivity index (χ1n) is 4.17. The van der Waals surface area contributed by atoms with Gasteiger partial charge < -0.3 is 16.0 Å². The fraction of sp³-hybridized carbons (Fsp3) is 0.222. The monoisotopic (exact) mass is 176 g/mol. The van der Waals surface area contributed by atoms with Crippen LogP contribution in [0, 0.1) is 0 Å². The normalized spacial score (nSPS) is 10.8. The maximum atomic E-state index is 5.61. The largest absolute Gasteiger partial charge is 0.397 e. The predicted molar refractivity (Wildman–Crippen MR) is 53.3 cm³/mol. The first-order chi connectivity index (χ1) is 6.31. The quantitative estimate of drug-likeness (QED) is 0.636. The van der Waals surface area contributed by atoms with Crippen LogP contribution in [0.2, 0.25) is 0 Å². The van der Waals surface area contributed by atoms with Crippen LogP contribution in [0.3, 0.4) is 0 Å². The van der Waals surface area contributed by atoms with Gasteiger partial charge in [0.2, 0.25) is 0 Å². The molecule has 0 amide bonds. The van der Waals surface area contributed by atoms with Crippen molar-refractivity contribution in [2.24, 2.45) is 0 Å². The van der Waals surface area contributed by atoms with Crippen molar-refractivity contribution in [3.63, 3.8) is 0 Å². The Balaban J connectivity index is 2.55. The van der Waals surface area contributed by atoms with Gasteiger partial charge in [0.15, 0.2) is 0 Å². The lowest BCUT2D eigenvalue weighted by atomic mass is 10.2. The number of H-pyrrole nitrogens is 1.